The zero-order valence-corrected chi connectivity index (χ0v) is 13.1. The van der Waals surface area contributed by atoms with E-state index in [9.17, 15) is 35.1 Å². The summed E-state index contributed by atoms with van der Waals surface area (Å²) in [5.74, 6) is -1.91. The minimum absolute atomic E-state index is 0.154. The lowest BCUT2D eigenvalue weighted by Gasteiger charge is -2.16. The summed E-state index contributed by atoms with van der Waals surface area (Å²) in [6, 6.07) is 2.76. The van der Waals surface area contributed by atoms with Gasteiger partial charge < -0.3 is 4.72 Å². The van der Waals surface area contributed by atoms with Crippen molar-refractivity contribution in [3.8, 4) is 0 Å². The predicted molar refractivity (Wildman–Crippen MR) is 77.0 cm³/mol. The van der Waals surface area contributed by atoms with Gasteiger partial charge in [-0.3, -0.25) is 0 Å². The molecule has 25 heavy (non-hydrogen) atoms. The lowest BCUT2D eigenvalue weighted by atomic mass is 10.1. The van der Waals surface area contributed by atoms with Gasteiger partial charge in [-0.2, -0.15) is 26.3 Å². The molecule has 0 atom stereocenters. The van der Waals surface area contributed by atoms with Gasteiger partial charge in [0, 0.05) is 10.5 Å². The van der Waals surface area contributed by atoms with Crippen molar-refractivity contribution in [1.29, 1.82) is 0 Å². The van der Waals surface area contributed by atoms with Crippen LogP contribution in [0.2, 0.25) is 0 Å². The highest BCUT2D eigenvalue weighted by Crippen LogP contribution is 2.40. The molecule has 0 saturated heterocycles. The van der Waals surface area contributed by atoms with Crippen LogP contribution in [0.25, 0.3) is 0 Å². The Bertz CT molecular complexity index is 782. The van der Waals surface area contributed by atoms with Crippen LogP contribution >= 0.6 is 11.9 Å². The zero-order valence-electron chi connectivity index (χ0n) is 12.3. The van der Waals surface area contributed by atoms with Crippen LogP contribution in [0.5, 0.6) is 0 Å². The third-order valence-electron chi connectivity index (χ3n) is 3.21. The van der Waals surface area contributed by atoms with E-state index in [-0.39, 0.29) is 23.2 Å². The summed E-state index contributed by atoms with van der Waals surface area (Å²) in [6.07, 6.45) is -9.73. The Kier molecular flexibility index (Phi) is 5.22. The fraction of sp³-hybridized carbons (Fsp3) is 0.200. The molecule has 0 amide bonds. The van der Waals surface area contributed by atoms with E-state index in [1.165, 1.54) is 0 Å². The van der Waals surface area contributed by atoms with Crippen molar-refractivity contribution in [3.05, 3.63) is 58.7 Å². The summed E-state index contributed by atoms with van der Waals surface area (Å²) in [5, 5.41) is 0. The summed E-state index contributed by atoms with van der Waals surface area (Å²) in [4.78, 5) is -0.788. The first-order valence-electron chi connectivity index (χ1n) is 6.57. The number of benzene rings is 2. The van der Waals surface area contributed by atoms with Crippen molar-refractivity contribution in [2.45, 2.75) is 24.2 Å². The third-order valence-corrected chi connectivity index (χ3v) is 4.09. The minimum Gasteiger partial charge on any atom is -0.323 e. The van der Waals surface area contributed by atoms with E-state index < -0.39 is 40.0 Å². The van der Waals surface area contributed by atoms with Gasteiger partial charge in [-0.15, -0.1) is 0 Å². The van der Waals surface area contributed by atoms with Gasteiger partial charge in [-0.1, -0.05) is 0 Å². The van der Waals surface area contributed by atoms with Gasteiger partial charge in [-0.25, -0.2) is 8.78 Å². The number of anilines is 1. The molecule has 0 aliphatic carbocycles. The van der Waals surface area contributed by atoms with Crippen molar-refractivity contribution >= 4 is 17.6 Å². The highest BCUT2D eigenvalue weighted by Gasteiger charge is 2.37. The Morgan fingerprint density at radius 2 is 1.52 bits per heavy atom. The molecule has 0 fully saturated rings. The van der Waals surface area contributed by atoms with E-state index in [0.29, 0.717) is 18.2 Å². The first-order valence-corrected chi connectivity index (χ1v) is 7.39. The highest BCUT2D eigenvalue weighted by molar-refractivity contribution is 8.00. The molecule has 0 heterocycles. The smallest absolute Gasteiger partial charge is 0.323 e. The maximum atomic E-state index is 13.9. The van der Waals surface area contributed by atoms with Gasteiger partial charge in [0.25, 0.3) is 0 Å². The standard InChI is InChI=1S/C15H9F8NS/c1-7-10(16)4-5-11(13(7)17)24-25-12-6-8(14(18,19)20)2-3-9(12)15(21,22)23/h2-6,24H,1H3. The van der Waals surface area contributed by atoms with Gasteiger partial charge >= 0.3 is 12.4 Å². The van der Waals surface area contributed by atoms with E-state index in [0.717, 1.165) is 19.1 Å². The summed E-state index contributed by atoms with van der Waals surface area (Å²) >= 11 is 0.154. The Morgan fingerprint density at radius 3 is 2.08 bits per heavy atom. The van der Waals surface area contributed by atoms with Crippen molar-refractivity contribution in [2.24, 2.45) is 0 Å². The number of halogens is 8. The minimum atomic E-state index is -4.90. The second-order valence-corrected chi connectivity index (χ2v) is 5.79. The Morgan fingerprint density at radius 1 is 0.880 bits per heavy atom. The SMILES string of the molecule is Cc1c(F)ccc(NSc2cc(C(F)(F)F)ccc2C(F)(F)F)c1F. The molecule has 136 valence electrons. The maximum absolute atomic E-state index is 13.9. The molecule has 1 nitrogen and oxygen atoms in total. The molecule has 0 aliphatic rings. The van der Waals surface area contributed by atoms with Gasteiger partial charge in [0.15, 0.2) is 5.82 Å². The first kappa shape index (κ1) is 19.4. The maximum Gasteiger partial charge on any atom is 0.417 e. The second-order valence-electron chi connectivity index (χ2n) is 4.94. The molecule has 0 aromatic heterocycles. The molecule has 0 spiro atoms. The summed E-state index contributed by atoms with van der Waals surface area (Å²) in [6.45, 7) is 1.12. The van der Waals surface area contributed by atoms with E-state index >= 15 is 0 Å². The molecule has 2 aromatic rings. The van der Waals surface area contributed by atoms with Crippen molar-refractivity contribution in [1.82, 2.24) is 0 Å². The fourth-order valence-electron chi connectivity index (χ4n) is 1.87. The van der Waals surface area contributed by atoms with Gasteiger partial charge in [-0.05, 0) is 49.2 Å². The topological polar surface area (TPSA) is 12.0 Å². The number of nitrogens with one attached hydrogen (secondary N) is 1. The van der Waals surface area contributed by atoms with Crippen LogP contribution in [0.1, 0.15) is 16.7 Å². The molecule has 0 bridgehead atoms. The van der Waals surface area contributed by atoms with E-state index in [2.05, 4.69) is 4.72 Å². The van der Waals surface area contributed by atoms with Crippen LogP contribution in [-0.2, 0) is 12.4 Å². The summed E-state index contributed by atoms with van der Waals surface area (Å²) < 4.78 is 106. The molecule has 0 aliphatic heterocycles. The summed E-state index contributed by atoms with van der Waals surface area (Å²) in [7, 11) is 0. The van der Waals surface area contributed by atoms with Crippen molar-refractivity contribution in [3.63, 3.8) is 0 Å². The average Bonchev–Trinajstić information content (AvgIpc) is 2.50. The molecule has 2 aromatic carbocycles. The Labute approximate surface area is 141 Å². The Hall–Kier alpha value is -1.97. The van der Waals surface area contributed by atoms with Crippen molar-refractivity contribution < 1.29 is 35.1 Å². The Balaban J connectivity index is 2.39. The summed E-state index contributed by atoms with van der Waals surface area (Å²) in [5.41, 5.74) is -3.31. The molecule has 0 unspecified atom stereocenters. The number of hydrogen-bond acceptors (Lipinski definition) is 2. The van der Waals surface area contributed by atoms with Gasteiger partial charge in [0.1, 0.15) is 5.82 Å². The van der Waals surface area contributed by atoms with E-state index in [1.807, 2.05) is 0 Å². The van der Waals surface area contributed by atoms with E-state index in [4.69, 9.17) is 0 Å². The van der Waals surface area contributed by atoms with Gasteiger partial charge in [0.05, 0.1) is 16.8 Å². The molecular formula is C15H9F8NS. The number of alkyl halides is 6. The predicted octanol–water partition coefficient (Wildman–Crippen LogP) is 6.43. The highest BCUT2D eigenvalue weighted by atomic mass is 32.2. The monoisotopic (exact) mass is 387 g/mol. The lowest BCUT2D eigenvalue weighted by molar-refractivity contribution is -0.143. The molecule has 10 heteroatoms. The molecular weight excluding hydrogens is 378 g/mol. The van der Waals surface area contributed by atoms with Crippen LogP contribution < -0.4 is 4.72 Å². The van der Waals surface area contributed by atoms with Gasteiger partial charge in [0.2, 0.25) is 0 Å². The molecule has 1 N–H and O–H groups in total. The van der Waals surface area contributed by atoms with Crippen molar-refractivity contribution in [2.75, 3.05) is 4.72 Å². The largest absolute Gasteiger partial charge is 0.417 e. The van der Waals surface area contributed by atoms with Crippen LogP contribution in [0.4, 0.5) is 40.8 Å². The van der Waals surface area contributed by atoms with Crippen LogP contribution in [0.15, 0.2) is 35.2 Å². The number of hydrogen-bond donors (Lipinski definition) is 1. The molecule has 0 radical (unpaired) electrons. The van der Waals surface area contributed by atoms with Crippen LogP contribution in [0.3, 0.4) is 0 Å². The third kappa shape index (κ3) is 4.36. The molecule has 2 rings (SSSR count). The average molecular weight is 387 g/mol. The first-order chi connectivity index (χ1) is 11.4. The quantitative estimate of drug-likeness (QED) is 0.481. The van der Waals surface area contributed by atoms with Crippen LogP contribution in [-0.4, -0.2) is 0 Å². The zero-order chi connectivity index (χ0) is 19.0. The fourth-order valence-corrected chi connectivity index (χ4v) is 2.72. The van der Waals surface area contributed by atoms with E-state index in [1.54, 1.807) is 0 Å². The lowest BCUT2D eigenvalue weighted by Crippen LogP contribution is -2.11. The van der Waals surface area contributed by atoms with Crippen LogP contribution in [0, 0.1) is 18.6 Å². The molecule has 0 saturated carbocycles. The second kappa shape index (κ2) is 6.74. The normalized spacial score (nSPS) is 12.4. The number of rotatable bonds is 3.